The van der Waals surface area contributed by atoms with Gasteiger partial charge >= 0.3 is 0 Å². The van der Waals surface area contributed by atoms with Gasteiger partial charge in [0.2, 0.25) is 0 Å². The molecule has 3 rings (SSSR count). The Kier molecular flexibility index (Phi) is 3.58. The lowest BCUT2D eigenvalue weighted by Gasteiger charge is -2.09. The molecule has 2 aromatic carbocycles. The summed E-state index contributed by atoms with van der Waals surface area (Å²) in [7, 11) is 0. The summed E-state index contributed by atoms with van der Waals surface area (Å²) in [4.78, 5) is 10.5. The third-order valence-corrected chi connectivity index (χ3v) is 4.47. The lowest BCUT2D eigenvalue weighted by Crippen LogP contribution is -2.01. The Morgan fingerprint density at radius 2 is 2.05 bits per heavy atom. The van der Waals surface area contributed by atoms with Gasteiger partial charge in [-0.15, -0.1) is 11.3 Å². The Bertz CT molecular complexity index is 811. The number of hydrogen-bond donors (Lipinski definition) is 1. The number of thiophene rings is 1. The van der Waals surface area contributed by atoms with Gasteiger partial charge in [-0.3, -0.25) is 10.1 Å². The third-order valence-electron chi connectivity index (χ3n) is 3.46. The number of benzene rings is 2. The van der Waals surface area contributed by atoms with Gasteiger partial charge in [-0.2, -0.15) is 0 Å². The van der Waals surface area contributed by atoms with Gasteiger partial charge in [0, 0.05) is 29.1 Å². The van der Waals surface area contributed by atoms with Gasteiger partial charge in [0.1, 0.15) is 0 Å². The van der Waals surface area contributed by atoms with E-state index in [4.69, 9.17) is 0 Å². The molecule has 0 atom stereocenters. The van der Waals surface area contributed by atoms with Crippen LogP contribution in [0.15, 0.2) is 47.8 Å². The molecule has 3 aromatic rings. The minimum absolute atomic E-state index is 0.110. The van der Waals surface area contributed by atoms with Crippen molar-refractivity contribution in [1.29, 1.82) is 0 Å². The van der Waals surface area contributed by atoms with Crippen molar-refractivity contribution in [2.45, 2.75) is 13.5 Å². The van der Waals surface area contributed by atoms with E-state index in [9.17, 15) is 10.1 Å². The number of hydrogen-bond acceptors (Lipinski definition) is 4. The highest BCUT2D eigenvalue weighted by Gasteiger charge is 2.09. The van der Waals surface area contributed by atoms with Crippen LogP contribution in [-0.4, -0.2) is 4.92 Å². The maximum atomic E-state index is 10.9. The van der Waals surface area contributed by atoms with Crippen molar-refractivity contribution in [2.24, 2.45) is 0 Å². The zero-order valence-electron chi connectivity index (χ0n) is 11.5. The summed E-state index contributed by atoms with van der Waals surface area (Å²) < 4.78 is 1.25. The van der Waals surface area contributed by atoms with Gasteiger partial charge in [-0.1, -0.05) is 24.3 Å². The van der Waals surface area contributed by atoms with Gasteiger partial charge in [0.15, 0.2) is 0 Å². The first-order chi connectivity index (χ1) is 10.1. The first-order valence-electron chi connectivity index (χ1n) is 6.59. The Morgan fingerprint density at radius 1 is 1.24 bits per heavy atom. The highest BCUT2D eigenvalue weighted by atomic mass is 32.1. The summed E-state index contributed by atoms with van der Waals surface area (Å²) >= 11 is 1.71. The minimum atomic E-state index is -0.370. The molecule has 4 nitrogen and oxygen atoms in total. The van der Waals surface area contributed by atoms with Crippen LogP contribution in [0.4, 0.5) is 11.4 Å². The van der Waals surface area contributed by atoms with E-state index >= 15 is 0 Å². The molecule has 0 unspecified atom stereocenters. The molecule has 5 heteroatoms. The Labute approximate surface area is 126 Å². The predicted molar refractivity (Wildman–Crippen MR) is 87.0 cm³/mol. The minimum Gasteiger partial charge on any atom is -0.380 e. The van der Waals surface area contributed by atoms with Crippen molar-refractivity contribution in [3.63, 3.8) is 0 Å². The van der Waals surface area contributed by atoms with E-state index in [1.54, 1.807) is 23.5 Å². The number of rotatable bonds is 4. The Hall–Kier alpha value is -2.40. The standard InChI is InChI=1S/C16H14N2O2S/c1-11-6-7-13(18(19)20)8-15(11)17-9-12-10-21-16-5-3-2-4-14(12)16/h2-8,10,17H,9H2,1H3. The van der Waals surface area contributed by atoms with Crippen LogP contribution in [0.25, 0.3) is 10.1 Å². The molecule has 0 amide bonds. The number of nitro groups is 1. The second-order valence-corrected chi connectivity index (χ2v) is 5.78. The van der Waals surface area contributed by atoms with E-state index in [1.807, 2.05) is 19.1 Å². The van der Waals surface area contributed by atoms with E-state index in [-0.39, 0.29) is 10.6 Å². The number of aryl methyl sites for hydroxylation is 1. The summed E-state index contributed by atoms with van der Waals surface area (Å²) in [6, 6.07) is 13.1. The van der Waals surface area contributed by atoms with E-state index < -0.39 is 0 Å². The molecule has 0 radical (unpaired) electrons. The quantitative estimate of drug-likeness (QED) is 0.559. The first-order valence-corrected chi connectivity index (χ1v) is 7.47. The van der Waals surface area contributed by atoms with Crippen molar-refractivity contribution in [2.75, 3.05) is 5.32 Å². The van der Waals surface area contributed by atoms with Crippen molar-refractivity contribution in [1.82, 2.24) is 0 Å². The van der Waals surface area contributed by atoms with Gasteiger partial charge in [0.05, 0.1) is 4.92 Å². The van der Waals surface area contributed by atoms with Crippen LogP contribution < -0.4 is 5.32 Å². The summed E-state index contributed by atoms with van der Waals surface area (Å²) in [5.74, 6) is 0. The highest BCUT2D eigenvalue weighted by Crippen LogP contribution is 2.27. The molecule has 0 aliphatic heterocycles. The largest absolute Gasteiger partial charge is 0.380 e. The molecule has 0 bridgehead atoms. The van der Waals surface area contributed by atoms with E-state index in [1.165, 1.54) is 21.7 Å². The van der Waals surface area contributed by atoms with E-state index in [2.05, 4.69) is 22.8 Å². The highest BCUT2D eigenvalue weighted by molar-refractivity contribution is 7.17. The van der Waals surface area contributed by atoms with Crippen LogP contribution in [-0.2, 0) is 6.54 Å². The van der Waals surface area contributed by atoms with Gasteiger partial charge < -0.3 is 5.32 Å². The molecule has 0 fully saturated rings. The molecule has 0 saturated carbocycles. The zero-order valence-corrected chi connectivity index (χ0v) is 12.3. The predicted octanol–water partition coefficient (Wildman–Crippen LogP) is 4.73. The SMILES string of the molecule is Cc1ccc([N+](=O)[O-])cc1NCc1csc2ccccc12. The van der Waals surface area contributed by atoms with Crippen molar-refractivity contribution in [3.8, 4) is 0 Å². The molecule has 0 aliphatic carbocycles. The first kappa shape index (κ1) is 13.6. The molecule has 106 valence electrons. The molecule has 0 spiro atoms. The number of nitro benzene ring substituents is 1. The third kappa shape index (κ3) is 2.73. The van der Waals surface area contributed by atoms with Crippen molar-refractivity contribution >= 4 is 32.8 Å². The van der Waals surface area contributed by atoms with Gasteiger partial charge in [-0.25, -0.2) is 0 Å². The summed E-state index contributed by atoms with van der Waals surface area (Å²) in [6.45, 7) is 2.60. The second kappa shape index (κ2) is 5.54. The molecule has 1 aromatic heterocycles. The molecule has 21 heavy (non-hydrogen) atoms. The molecular formula is C16H14N2O2S. The molecule has 0 saturated heterocycles. The normalized spacial score (nSPS) is 10.7. The summed E-state index contributed by atoms with van der Waals surface area (Å²) in [5, 5.41) is 17.5. The van der Waals surface area contributed by atoms with Crippen LogP contribution in [0, 0.1) is 17.0 Å². The second-order valence-electron chi connectivity index (χ2n) is 4.87. The fourth-order valence-electron chi connectivity index (χ4n) is 2.27. The van der Waals surface area contributed by atoms with Crippen molar-refractivity contribution in [3.05, 3.63) is 69.1 Å². The molecule has 0 aliphatic rings. The fourth-order valence-corrected chi connectivity index (χ4v) is 3.24. The van der Waals surface area contributed by atoms with Crippen LogP contribution in [0.1, 0.15) is 11.1 Å². The number of fused-ring (bicyclic) bond motifs is 1. The molecule has 1 N–H and O–H groups in total. The maximum Gasteiger partial charge on any atom is 0.271 e. The molecular weight excluding hydrogens is 284 g/mol. The summed E-state index contributed by atoms with van der Waals surface area (Å²) in [5.41, 5.74) is 3.12. The van der Waals surface area contributed by atoms with E-state index in [0.717, 1.165) is 11.3 Å². The average Bonchev–Trinajstić information content (AvgIpc) is 2.89. The smallest absolute Gasteiger partial charge is 0.271 e. The van der Waals surface area contributed by atoms with Crippen LogP contribution in [0.2, 0.25) is 0 Å². The lowest BCUT2D eigenvalue weighted by atomic mass is 10.1. The molecule has 1 heterocycles. The average molecular weight is 298 g/mol. The zero-order chi connectivity index (χ0) is 14.8. The van der Waals surface area contributed by atoms with Gasteiger partial charge in [0.25, 0.3) is 5.69 Å². The van der Waals surface area contributed by atoms with Crippen molar-refractivity contribution < 1.29 is 4.92 Å². The van der Waals surface area contributed by atoms with Crippen LogP contribution in [0.3, 0.4) is 0 Å². The van der Waals surface area contributed by atoms with Crippen LogP contribution in [0.5, 0.6) is 0 Å². The number of nitrogens with one attached hydrogen (secondary N) is 1. The number of nitrogens with zero attached hydrogens (tertiary/aromatic N) is 1. The maximum absolute atomic E-state index is 10.9. The summed E-state index contributed by atoms with van der Waals surface area (Å²) in [6.07, 6.45) is 0. The Balaban J connectivity index is 1.84. The van der Waals surface area contributed by atoms with Gasteiger partial charge in [-0.05, 0) is 34.9 Å². The van der Waals surface area contributed by atoms with E-state index in [0.29, 0.717) is 6.54 Å². The number of non-ortho nitro benzene ring substituents is 1. The Morgan fingerprint density at radius 3 is 2.86 bits per heavy atom. The lowest BCUT2D eigenvalue weighted by molar-refractivity contribution is -0.384. The fraction of sp³-hybridized carbons (Fsp3) is 0.125. The topological polar surface area (TPSA) is 55.2 Å². The van der Waals surface area contributed by atoms with Crippen LogP contribution >= 0.6 is 11.3 Å². The number of anilines is 1. The monoisotopic (exact) mass is 298 g/mol.